The van der Waals surface area contributed by atoms with Gasteiger partial charge in [-0.05, 0) is 38.6 Å². The van der Waals surface area contributed by atoms with E-state index in [1.54, 1.807) is 0 Å². The maximum absolute atomic E-state index is 12.2. The highest BCUT2D eigenvalue weighted by Gasteiger charge is 2.49. The highest BCUT2D eigenvalue weighted by Crippen LogP contribution is 2.45. The van der Waals surface area contributed by atoms with Gasteiger partial charge in [0, 0.05) is 25.4 Å². The third-order valence-electron chi connectivity index (χ3n) is 5.39. The molecule has 2 heterocycles. The number of ether oxygens (including phenoxy) is 3. The molecule has 1 spiro atoms. The van der Waals surface area contributed by atoms with E-state index in [1.807, 2.05) is 6.92 Å². The lowest BCUT2D eigenvalue weighted by Gasteiger charge is -2.50. The first kappa shape index (κ1) is 16.2. The van der Waals surface area contributed by atoms with Gasteiger partial charge in [-0.1, -0.05) is 6.92 Å². The number of likely N-dealkylation sites (tertiary alicyclic amines) is 1. The highest BCUT2D eigenvalue weighted by molar-refractivity contribution is 5.72. The smallest absolute Gasteiger partial charge is 0.310 e. The van der Waals surface area contributed by atoms with Crippen LogP contribution >= 0.6 is 0 Å². The van der Waals surface area contributed by atoms with Crippen molar-refractivity contribution in [1.82, 2.24) is 4.90 Å². The van der Waals surface area contributed by atoms with Gasteiger partial charge in [0.05, 0.1) is 25.7 Å². The normalized spacial score (nSPS) is 34.5. The first-order valence-corrected chi connectivity index (χ1v) is 8.86. The molecule has 0 unspecified atom stereocenters. The van der Waals surface area contributed by atoms with Crippen molar-refractivity contribution in [3.05, 3.63) is 0 Å². The molecule has 0 N–H and O–H groups in total. The van der Waals surface area contributed by atoms with E-state index in [2.05, 4.69) is 11.8 Å². The summed E-state index contributed by atoms with van der Waals surface area (Å²) >= 11 is 0. The van der Waals surface area contributed by atoms with Crippen LogP contribution in [0.4, 0.5) is 0 Å². The van der Waals surface area contributed by atoms with Crippen molar-refractivity contribution < 1.29 is 19.0 Å². The summed E-state index contributed by atoms with van der Waals surface area (Å²) in [7, 11) is 0. The summed E-state index contributed by atoms with van der Waals surface area (Å²) in [6.45, 7) is 7.87. The quantitative estimate of drug-likeness (QED) is 0.745. The van der Waals surface area contributed by atoms with Gasteiger partial charge in [-0.3, -0.25) is 9.69 Å². The fraction of sp³-hybridized carbons (Fsp3) is 0.941. The maximum atomic E-state index is 12.2. The zero-order valence-electron chi connectivity index (χ0n) is 13.9. The highest BCUT2D eigenvalue weighted by atomic mass is 16.7. The second kappa shape index (κ2) is 6.85. The monoisotopic (exact) mass is 311 g/mol. The minimum atomic E-state index is -0.365. The minimum absolute atomic E-state index is 0.00398. The maximum Gasteiger partial charge on any atom is 0.310 e. The van der Waals surface area contributed by atoms with Gasteiger partial charge in [0.2, 0.25) is 0 Å². The number of carbonyl (C=O) groups excluding carboxylic acids is 1. The molecule has 0 bridgehead atoms. The molecule has 22 heavy (non-hydrogen) atoms. The number of piperidine rings is 1. The van der Waals surface area contributed by atoms with Crippen LogP contribution in [0, 0.1) is 11.8 Å². The number of carbonyl (C=O) groups is 1. The molecule has 2 aliphatic heterocycles. The van der Waals surface area contributed by atoms with Crippen LogP contribution in [0.3, 0.4) is 0 Å². The number of hydrogen-bond donors (Lipinski definition) is 0. The van der Waals surface area contributed by atoms with E-state index in [4.69, 9.17) is 14.2 Å². The first-order chi connectivity index (χ1) is 10.7. The van der Waals surface area contributed by atoms with Crippen LogP contribution in [-0.2, 0) is 19.0 Å². The average Bonchev–Trinajstić information content (AvgIpc) is 2.95. The second-order valence-electron chi connectivity index (χ2n) is 6.86. The Morgan fingerprint density at radius 2 is 2.09 bits per heavy atom. The van der Waals surface area contributed by atoms with Crippen molar-refractivity contribution in [2.75, 3.05) is 32.9 Å². The summed E-state index contributed by atoms with van der Waals surface area (Å²) in [5, 5.41) is 0. The lowest BCUT2D eigenvalue weighted by Crippen LogP contribution is -2.56. The van der Waals surface area contributed by atoms with Gasteiger partial charge >= 0.3 is 5.97 Å². The van der Waals surface area contributed by atoms with Crippen LogP contribution in [0.15, 0.2) is 0 Å². The summed E-state index contributed by atoms with van der Waals surface area (Å²) < 4.78 is 17.1. The molecule has 0 aromatic heterocycles. The SMILES string of the molecule is CCCN1C[C@@H](C(=O)OCC)C[C@@H]2CC3(CC[C@H]21)OCCO3. The van der Waals surface area contributed by atoms with E-state index >= 15 is 0 Å². The summed E-state index contributed by atoms with van der Waals surface area (Å²) in [5.41, 5.74) is 0. The number of fused-ring (bicyclic) bond motifs is 1. The molecule has 126 valence electrons. The molecule has 3 aliphatic rings. The molecule has 5 nitrogen and oxygen atoms in total. The molecule has 3 rings (SSSR count). The van der Waals surface area contributed by atoms with E-state index in [-0.39, 0.29) is 17.7 Å². The molecular weight excluding hydrogens is 282 g/mol. The summed E-state index contributed by atoms with van der Waals surface area (Å²) in [4.78, 5) is 14.7. The Balaban J connectivity index is 1.71. The van der Waals surface area contributed by atoms with Crippen LogP contribution in [-0.4, -0.2) is 55.6 Å². The summed E-state index contributed by atoms with van der Waals surface area (Å²) in [6, 6.07) is 0.573. The number of rotatable bonds is 4. The molecule has 5 heteroatoms. The van der Waals surface area contributed by atoms with Crippen molar-refractivity contribution in [3.63, 3.8) is 0 Å². The third-order valence-corrected chi connectivity index (χ3v) is 5.39. The molecule has 1 aliphatic carbocycles. The van der Waals surface area contributed by atoms with Crippen LogP contribution in [0.2, 0.25) is 0 Å². The van der Waals surface area contributed by atoms with Crippen LogP contribution < -0.4 is 0 Å². The molecule has 0 amide bonds. The van der Waals surface area contributed by atoms with Crippen LogP contribution in [0.1, 0.15) is 46.0 Å². The Morgan fingerprint density at radius 3 is 2.77 bits per heavy atom. The molecule has 2 saturated heterocycles. The van der Waals surface area contributed by atoms with E-state index in [0.29, 0.717) is 31.8 Å². The van der Waals surface area contributed by atoms with E-state index in [1.165, 1.54) is 0 Å². The zero-order chi connectivity index (χ0) is 15.6. The van der Waals surface area contributed by atoms with E-state index in [9.17, 15) is 4.79 Å². The summed E-state index contributed by atoms with van der Waals surface area (Å²) in [5.74, 6) is 0.0797. The predicted octanol–water partition coefficient (Wildman–Crippen LogP) is 2.19. The standard InChI is InChI=1S/C17H29NO4/c1-3-7-18-12-14(16(19)20-4-2)10-13-11-17(6-5-15(13)18)21-8-9-22-17/h13-15H,3-12H2,1-2H3/t13-,14+,15-/m1/s1. The molecule has 3 fully saturated rings. The minimum Gasteiger partial charge on any atom is -0.466 e. The van der Waals surface area contributed by atoms with Gasteiger partial charge in [-0.2, -0.15) is 0 Å². The lowest BCUT2D eigenvalue weighted by atomic mass is 9.72. The van der Waals surface area contributed by atoms with Gasteiger partial charge in [-0.15, -0.1) is 0 Å². The Morgan fingerprint density at radius 1 is 1.32 bits per heavy atom. The van der Waals surface area contributed by atoms with Crippen molar-refractivity contribution >= 4 is 5.97 Å². The van der Waals surface area contributed by atoms with Crippen LogP contribution in [0.25, 0.3) is 0 Å². The fourth-order valence-corrected chi connectivity index (χ4v) is 4.56. The zero-order valence-corrected chi connectivity index (χ0v) is 13.9. The van der Waals surface area contributed by atoms with Crippen LogP contribution in [0.5, 0.6) is 0 Å². The van der Waals surface area contributed by atoms with Gasteiger partial charge in [0.1, 0.15) is 0 Å². The van der Waals surface area contributed by atoms with Crippen molar-refractivity contribution in [2.24, 2.45) is 11.8 Å². The Bertz CT molecular complexity index is 394. The summed E-state index contributed by atoms with van der Waals surface area (Å²) in [6.07, 6.45) is 5.06. The fourth-order valence-electron chi connectivity index (χ4n) is 4.56. The Hall–Kier alpha value is -0.650. The number of nitrogens with zero attached hydrogens (tertiary/aromatic N) is 1. The molecule has 0 aromatic rings. The van der Waals surface area contributed by atoms with Crippen molar-refractivity contribution in [3.8, 4) is 0 Å². The van der Waals surface area contributed by atoms with Gasteiger partial charge in [0.25, 0.3) is 0 Å². The molecule has 0 radical (unpaired) electrons. The molecular formula is C17H29NO4. The first-order valence-electron chi connectivity index (χ1n) is 8.86. The Labute approximate surface area is 133 Å². The average molecular weight is 311 g/mol. The lowest BCUT2D eigenvalue weighted by molar-refractivity contribution is -0.205. The molecule has 1 saturated carbocycles. The number of esters is 1. The third kappa shape index (κ3) is 3.17. The predicted molar refractivity (Wildman–Crippen MR) is 82.4 cm³/mol. The number of hydrogen-bond acceptors (Lipinski definition) is 5. The van der Waals surface area contributed by atoms with Gasteiger partial charge in [0.15, 0.2) is 5.79 Å². The van der Waals surface area contributed by atoms with Gasteiger partial charge < -0.3 is 14.2 Å². The Kier molecular flexibility index (Phi) is 5.05. The van der Waals surface area contributed by atoms with Crippen molar-refractivity contribution in [2.45, 2.75) is 57.8 Å². The van der Waals surface area contributed by atoms with Gasteiger partial charge in [-0.25, -0.2) is 0 Å². The van der Waals surface area contributed by atoms with Crippen molar-refractivity contribution in [1.29, 1.82) is 0 Å². The largest absolute Gasteiger partial charge is 0.466 e. The molecule has 3 atom stereocenters. The molecule has 0 aromatic carbocycles. The topological polar surface area (TPSA) is 48.0 Å². The van der Waals surface area contributed by atoms with E-state index in [0.717, 1.165) is 45.2 Å². The van der Waals surface area contributed by atoms with E-state index < -0.39 is 0 Å². The second-order valence-corrected chi connectivity index (χ2v) is 6.86.